The molecule has 4 rings (SSSR count). The van der Waals surface area contributed by atoms with Gasteiger partial charge in [-0.3, -0.25) is 5.32 Å². The van der Waals surface area contributed by atoms with Gasteiger partial charge in [0, 0.05) is 31.7 Å². The van der Waals surface area contributed by atoms with Crippen LogP contribution in [0.4, 0.5) is 10.5 Å². The highest BCUT2D eigenvalue weighted by atomic mass is 28.4. The van der Waals surface area contributed by atoms with Crippen molar-refractivity contribution in [3.63, 3.8) is 0 Å². The van der Waals surface area contributed by atoms with E-state index in [1.807, 2.05) is 44.2 Å². The molecule has 1 saturated heterocycles. The summed E-state index contributed by atoms with van der Waals surface area (Å²) < 4.78 is 48.9. The molecule has 56 heavy (non-hydrogen) atoms. The Labute approximate surface area is 335 Å². The fourth-order valence-corrected chi connectivity index (χ4v) is 7.64. The summed E-state index contributed by atoms with van der Waals surface area (Å²) in [5.41, 5.74) is 1.45. The van der Waals surface area contributed by atoms with Gasteiger partial charge < -0.3 is 37.6 Å². The largest absolute Gasteiger partial charge is 0.497 e. The molecule has 2 aliphatic rings. The van der Waals surface area contributed by atoms with E-state index in [1.54, 1.807) is 59.9 Å². The molecule has 0 aromatic heterocycles. The number of fused-ring (bicyclic) bond motifs is 1. The molecule has 0 spiro atoms. The van der Waals surface area contributed by atoms with Gasteiger partial charge in [-0.25, -0.2) is 9.59 Å². The average molecular weight is 796 g/mol. The number of hydrogen-bond acceptors (Lipinski definition) is 10. The number of anilines is 1. The van der Waals surface area contributed by atoms with E-state index in [-0.39, 0.29) is 28.4 Å². The van der Waals surface area contributed by atoms with Gasteiger partial charge in [-0.05, 0) is 101 Å². The number of benzene rings is 2. The first-order valence-electron chi connectivity index (χ1n) is 19.5. The molecule has 12 heteroatoms. The van der Waals surface area contributed by atoms with Crippen LogP contribution >= 0.6 is 0 Å². The molecule has 2 aromatic carbocycles. The van der Waals surface area contributed by atoms with Crippen LogP contribution in [-0.2, 0) is 34.7 Å². The zero-order valence-electron chi connectivity index (χ0n) is 36.2. The molecule has 1 fully saturated rings. The molecule has 2 heterocycles. The highest BCUT2D eigenvalue weighted by Gasteiger charge is 2.45. The summed E-state index contributed by atoms with van der Waals surface area (Å²) >= 11 is 0. The summed E-state index contributed by atoms with van der Waals surface area (Å²) in [6.45, 7) is 28.4. The predicted molar refractivity (Wildman–Crippen MR) is 222 cm³/mol. The van der Waals surface area contributed by atoms with Gasteiger partial charge in [0.25, 0.3) is 0 Å². The van der Waals surface area contributed by atoms with Crippen LogP contribution in [0.1, 0.15) is 111 Å². The van der Waals surface area contributed by atoms with Crippen LogP contribution in [0.2, 0.25) is 18.1 Å². The Morgan fingerprint density at radius 3 is 2.21 bits per heavy atom. The van der Waals surface area contributed by atoms with Crippen LogP contribution in [-0.4, -0.2) is 69.1 Å². The maximum Gasteiger partial charge on any atom is 0.412 e. The van der Waals surface area contributed by atoms with Crippen molar-refractivity contribution in [1.29, 1.82) is 0 Å². The SMILES string of the molecule is COc1ccc(COC(C=C[C@@H](C)[C@H](C)O[Si](C)(C)C(C)(C)C)[C@H]2OC(C)(C)O[C@H]2CC=Cc2cc(NC(=O)OC(C)(C)C)cc3c2C(=O)OC(C)(C)O3)cc1. The van der Waals surface area contributed by atoms with Crippen molar-refractivity contribution in [3.05, 3.63) is 71.3 Å². The summed E-state index contributed by atoms with van der Waals surface area (Å²) in [4.78, 5) is 26.0. The lowest BCUT2D eigenvalue weighted by molar-refractivity contribution is -0.156. The van der Waals surface area contributed by atoms with Gasteiger partial charge in [0.15, 0.2) is 14.1 Å². The normalized spacial score (nSPS) is 21.2. The number of rotatable bonds is 14. The minimum Gasteiger partial charge on any atom is -0.497 e. The van der Waals surface area contributed by atoms with Crippen LogP contribution in [0.3, 0.4) is 0 Å². The number of ether oxygens (including phenoxy) is 7. The van der Waals surface area contributed by atoms with E-state index in [2.05, 4.69) is 65.2 Å². The van der Waals surface area contributed by atoms with Crippen LogP contribution in [0.25, 0.3) is 6.08 Å². The first-order chi connectivity index (χ1) is 25.8. The predicted octanol–water partition coefficient (Wildman–Crippen LogP) is 10.4. The molecule has 310 valence electrons. The third kappa shape index (κ3) is 12.4. The molecule has 2 aliphatic heterocycles. The van der Waals surface area contributed by atoms with Crippen molar-refractivity contribution >= 4 is 32.1 Å². The smallest absolute Gasteiger partial charge is 0.412 e. The fraction of sp³-hybridized carbons (Fsp3) is 0.591. The summed E-state index contributed by atoms with van der Waals surface area (Å²) in [6, 6.07) is 11.1. The fourth-order valence-electron chi connectivity index (χ4n) is 6.14. The monoisotopic (exact) mass is 795 g/mol. The topological polar surface area (TPSA) is 120 Å². The Balaban J connectivity index is 1.63. The molecular formula is C44H65NO10Si. The van der Waals surface area contributed by atoms with E-state index in [1.165, 1.54) is 0 Å². The number of carbonyl (C=O) groups excluding carboxylic acids is 2. The number of hydrogen-bond donors (Lipinski definition) is 1. The number of methoxy groups -OCH3 is 1. The van der Waals surface area contributed by atoms with Crippen LogP contribution < -0.4 is 14.8 Å². The van der Waals surface area contributed by atoms with Gasteiger partial charge >= 0.3 is 12.1 Å². The van der Waals surface area contributed by atoms with Crippen LogP contribution in [0.15, 0.2) is 54.6 Å². The highest BCUT2D eigenvalue weighted by molar-refractivity contribution is 6.74. The quantitative estimate of drug-likeness (QED) is 0.112. The highest BCUT2D eigenvalue weighted by Crippen LogP contribution is 2.40. The van der Waals surface area contributed by atoms with E-state index in [0.717, 1.165) is 11.3 Å². The number of nitrogens with one attached hydrogen (secondary N) is 1. The van der Waals surface area contributed by atoms with Crippen LogP contribution in [0.5, 0.6) is 11.5 Å². The third-order valence-corrected chi connectivity index (χ3v) is 14.7. The molecule has 1 unspecified atom stereocenters. The molecule has 0 saturated carbocycles. The number of esters is 1. The lowest BCUT2D eigenvalue weighted by Gasteiger charge is -2.39. The van der Waals surface area contributed by atoms with Gasteiger partial charge in [-0.1, -0.05) is 64.1 Å². The zero-order chi connectivity index (χ0) is 41.9. The number of amides is 1. The standard InChI is InChI=1S/C44H65NO10Si/c1-28(29(2)55-56(14,15)42(6,7)8)19-24-34(49-27-30-20-22-33(48-13)23-21-30)38-35(50-43(9,10)52-38)18-16-17-31-25-32(45-40(47)54-41(3,4)5)26-36-37(31)39(46)53-44(11,12)51-36/h16-17,19-26,28-29,34-35,38H,18,27H2,1-15H3,(H,45,47)/t28-,29+,34?,35+,38-/m1/s1. The Kier molecular flexibility index (Phi) is 14.0. The zero-order valence-corrected chi connectivity index (χ0v) is 37.2. The second-order valence-electron chi connectivity index (χ2n) is 18.2. The van der Waals surface area contributed by atoms with E-state index in [4.69, 9.17) is 37.6 Å². The average Bonchev–Trinajstić information content (AvgIpc) is 3.35. The molecule has 0 aliphatic carbocycles. The third-order valence-electron chi connectivity index (χ3n) is 10.1. The van der Waals surface area contributed by atoms with Crippen molar-refractivity contribution in [3.8, 4) is 11.5 Å². The molecule has 0 bridgehead atoms. The van der Waals surface area contributed by atoms with Gasteiger partial charge in [0.2, 0.25) is 5.79 Å². The van der Waals surface area contributed by atoms with Crippen LogP contribution in [0, 0.1) is 5.92 Å². The molecule has 1 N–H and O–H groups in total. The Hall–Kier alpha value is -3.68. The Morgan fingerprint density at radius 2 is 1.61 bits per heavy atom. The summed E-state index contributed by atoms with van der Waals surface area (Å²) in [6.07, 6.45) is 6.38. The first-order valence-corrected chi connectivity index (χ1v) is 22.4. The second kappa shape index (κ2) is 17.4. The van der Waals surface area contributed by atoms with E-state index < -0.39 is 55.9 Å². The van der Waals surface area contributed by atoms with Gasteiger partial charge in [-0.2, -0.15) is 0 Å². The Morgan fingerprint density at radius 1 is 0.946 bits per heavy atom. The second-order valence-corrected chi connectivity index (χ2v) is 22.9. The van der Waals surface area contributed by atoms with Crippen molar-refractivity contribution in [2.45, 2.75) is 156 Å². The van der Waals surface area contributed by atoms with Gasteiger partial charge in [-0.15, -0.1) is 0 Å². The molecular weight excluding hydrogens is 731 g/mol. The molecule has 5 atom stereocenters. The van der Waals surface area contributed by atoms with Crippen molar-refractivity contribution in [2.24, 2.45) is 5.92 Å². The molecule has 1 amide bonds. The lowest BCUT2D eigenvalue weighted by atomic mass is 9.99. The van der Waals surface area contributed by atoms with Crippen molar-refractivity contribution in [2.75, 3.05) is 12.4 Å². The number of cyclic esters (lactones) is 1. The Bertz CT molecular complexity index is 1740. The van der Waals surface area contributed by atoms with E-state index >= 15 is 0 Å². The maximum atomic E-state index is 13.3. The van der Waals surface area contributed by atoms with E-state index in [9.17, 15) is 9.59 Å². The summed E-state index contributed by atoms with van der Waals surface area (Å²) in [5, 5.41) is 2.86. The summed E-state index contributed by atoms with van der Waals surface area (Å²) in [7, 11) is -0.344. The number of carbonyl (C=O) groups is 2. The lowest BCUT2D eigenvalue weighted by Crippen LogP contribution is -2.44. The molecule has 2 aromatic rings. The van der Waals surface area contributed by atoms with E-state index in [0.29, 0.717) is 24.3 Å². The minimum atomic E-state index is -1.99. The maximum absolute atomic E-state index is 13.3. The molecule has 11 nitrogen and oxygen atoms in total. The molecule has 0 radical (unpaired) electrons. The van der Waals surface area contributed by atoms with Gasteiger partial charge in [0.1, 0.15) is 34.9 Å². The first kappa shape index (κ1) is 45.0. The summed E-state index contributed by atoms with van der Waals surface area (Å²) in [5.74, 6) is -1.45. The van der Waals surface area contributed by atoms with Crippen molar-refractivity contribution < 1.29 is 47.2 Å². The van der Waals surface area contributed by atoms with Crippen molar-refractivity contribution in [1.82, 2.24) is 0 Å². The minimum absolute atomic E-state index is 0.00181. The van der Waals surface area contributed by atoms with Gasteiger partial charge in [0.05, 0.1) is 19.8 Å².